The minimum absolute atomic E-state index is 0.0436. The van der Waals surface area contributed by atoms with E-state index in [1.807, 2.05) is 20.8 Å². The van der Waals surface area contributed by atoms with Crippen LogP contribution < -0.4 is 5.32 Å². The van der Waals surface area contributed by atoms with E-state index in [9.17, 15) is 17.6 Å². The number of benzene rings is 1. The number of aromatic nitrogens is 2. The van der Waals surface area contributed by atoms with E-state index in [-0.39, 0.29) is 23.5 Å². The van der Waals surface area contributed by atoms with E-state index < -0.39 is 26.9 Å². The molecule has 0 aliphatic rings. The molecular formula is C17H22FN3O4S. The Kier molecular flexibility index (Phi) is 6.47. The third kappa shape index (κ3) is 5.10. The van der Waals surface area contributed by atoms with Gasteiger partial charge in [0, 0.05) is 6.42 Å². The highest BCUT2D eigenvalue weighted by atomic mass is 32.2. The zero-order valence-electron chi connectivity index (χ0n) is 14.9. The fourth-order valence-corrected chi connectivity index (χ4v) is 3.45. The van der Waals surface area contributed by atoms with Gasteiger partial charge >= 0.3 is 5.22 Å². The maximum atomic E-state index is 12.9. The molecule has 7 nitrogen and oxygen atoms in total. The first-order chi connectivity index (χ1) is 12.2. The molecular weight excluding hydrogens is 361 g/mol. The molecule has 1 aromatic carbocycles. The summed E-state index contributed by atoms with van der Waals surface area (Å²) in [5.74, 6) is -1.02. The quantitative estimate of drug-likeness (QED) is 0.752. The summed E-state index contributed by atoms with van der Waals surface area (Å²) in [4.78, 5) is 11.9. The maximum Gasteiger partial charge on any atom is 0.335 e. The number of rotatable bonds is 8. The van der Waals surface area contributed by atoms with Gasteiger partial charge in [-0.1, -0.05) is 38.0 Å². The Morgan fingerprint density at radius 1 is 1.23 bits per heavy atom. The number of hydrogen-bond donors (Lipinski definition) is 1. The Labute approximate surface area is 151 Å². The molecule has 0 spiro atoms. The van der Waals surface area contributed by atoms with Gasteiger partial charge < -0.3 is 9.73 Å². The van der Waals surface area contributed by atoms with Crippen molar-refractivity contribution in [1.82, 2.24) is 15.5 Å². The number of nitrogens with one attached hydrogen (secondary N) is 1. The highest BCUT2D eigenvalue weighted by molar-refractivity contribution is 7.90. The predicted molar refractivity (Wildman–Crippen MR) is 92.2 cm³/mol. The molecule has 0 saturated heterocycles. The lowest BCUT2D eigenvalue weighted by molar-refractivity contribution is -0.122. The van der Waals surface area contributed by atoms with E-state index in [4.69, 9.17) is 4.42 Å². The maximum absolute atomic E-state index is 12.9. The molecule has 1 aromatic heterocycles. The standard InChI is InChI=1S/C17H22FN3O4S/c1-4-5-14(22)19-15(11(2)3)16-20-21-17(25-16)26(23,24)10-12-6-8-13(18)9-7-12/h6-9,11,15H,4-5,10H2,1-3H3,(H,19,22)/t15-/m0/s1. The molecule has 0 saturated carbocycles. The van der Waals surface area contributed by atoms with Gasteiger partial charge in [0.15, 0.2) is 0 Å². The monoisotopic (exact) mass is 383 g/mol. The highest BCUT2D eigenvalue weighted by Crippen LogP contribution is 2.23. The molecule has 1 atom stereocenters. The third-order valence-electron chi connectivity index (χ3n) is 3.68. The number of halogens is 1. The fourth-order valence-electron chi connectivity index (χ4n) is 2.32. The van der Waals surface area contributed by atoms with Crippen molar-refractivity contribution in [3.05, 3.63) is 41.5 Å². The molecule has 1 heterocycles. The third-order valence-corrected chi connectivity index (χ3v) is 5.09. The number of carbonyl (C=O) groups is 1. The van der Waals surface area contributed by atoms with Gasteiger partial charge in [0.25, 0.3) is 0 Å². The summed E-state index contributed by atoms with van der Waals surface area (Å²) in [6, 6.07) is 4.55. The Morgan fingerprint density at radius 3 is 2.46 bits per heavy atom. The first kappa shape index (κ1) is 20.0. The van der Waals surface area contributed by atoms with Crippen molar-refractivity contribution >= 4 is 15.7 Å². The second-order valence-corrected chi connectivity index (χ2v) is 8.20. The number of sulfone groups is 1. The molecule has 2 rings (SSSR count). The Morgan fingerprint density at radius 2 is 1.88 bits per heavy atom. The van der Waals surface area contributed by atoms with E-state index in [2.05, 4.69) is 15.5 Å². The summed E-state index contributed by atoms with van der Waals surface area (Å²) in [7, 11) is -3.88. The van der Waals surface area contributed by atoms with Crippen molar-refractivity contribution in [3.8, 4) is 0 Å². The summed E-state index contributed by atoms with van der Waals surface area (Å²) >= 11 is 0. The van der Waals surface area contributed by atoms with Crippen LogP contribution in [0.5, 0.6) is 0 Å². The van der Waals surface area contributed by atoms with Gasteiger partial charge in [-0.15, -0.1) is 5.10 Å². The first-order valence-corrected chi connectivity index (χ1v) is 9.98. The van der Waals surface area contributed by atoms with E-state index in [1.54, 1.807) is 0 Å². The van der Waals surface area contributed by atoms with Crippen LogP contribution in [0.15, 0.2) is 33.9 Å². The summed E-state index contributed by atoms with van der Waals surface area (Å²) in [6.07, 6.45) is 1.05. The van der Waals surface area contributed by atoms with Crippen LogP contribution in [0.4, 0.5) is 4.39 Å². The van der Waals surface area contributed by atoms with Crippen LogP contribution in [0.1, 0.15) is 51.1 Å². The molecule has 1 amide bonds. The number of nitrogens with zero attached hydrogens (tertiary/aromatic N) is 2. The van der Waals surface area contributed by atoms with E-state index >= 15 is 0 Å². The second kappa shape index (κ2) is 8.39. The fraction of sp³-hybridized carbons (Fsp3) is 0.471. The van der Waals surface area contributed by atoms with Gasteiger partial charge in [0.05, 0.1) is 5.75 Å². The molecule has 0 unspecified atom stereocenters. The predicted octanol–water partition coefficient (Wildman–Crippen LogP) is 2.80. The first-order valence-electron chi connectivity index (χ1n) is 8.33. The van der Waals surface area contributed by atoms with Gasteiger partial charge in [0.2, 0.25) is 21.6 Å². The van der Waals surface area contributed by atoms with Crippen molar-refractivity contribution in [3.63, 3.8) is 0 Å². The van der Waals surface area contributed by atoms with E-state index in [0.29, 0.717) is 18.4 Å². The van der Waals surface area contributed by atoms with Crippen molar-refractivity contribution in [2.45, 2.75) is 50.6 Å². The molecule has 9 heteroatoms. The van der Waals surface area contributed by atoms with Gasteiger partial charge in [-0.25, -0.2) is 12.8 Å². The van der Waals surface area contributed by atoms with E-state index in [1.165, 1.54) is 24.3 Å². The SMILES string of the molecule is CCCC(=O)N[C@H](c1nnc(S(=O)(=O)Cc2ccc(F)cc2)o1)C(C)C. The van der Waals surface area contributed by atoms with Crippen molar-refractivity contribution < 1.29 is 22.0 Å². The average molecular weight is 383 g/mol. The van der Waals surface area contributed by atoms with Gasteiger partial charge in [-0.2, -0.15) is 0 Å². The average Bonchev–Trinajstić information content (AvgIpc) is 3.05. The van der Waals surface area contributed by atoms with Crippen LogP contribution in [0, 0.1) is 11.7 Å². The smallest absolute Gasteiger partial charge is 0.335 e. The summed E-state index contributed by atoms with van der Waals surface area (Å²) < 4.78 is 43.2. The molecule has 2 aromatic rings. The van der Waals surface area contributed by atoms with Crippen LogP contribution in [0.2, 0.25) is 0 Å². The van der Waals surface area contributed by atoms with Crippen LogP contribution in [0.3, 0.4) is 0 Å². The Hall–Kier alpha value is -2.29. The van der Waals surface area contributed by atoms with Crippen LogP contribution in [0.25, 0.3) is 0 Å². The van der Waals surface area contributed by atoms with E-state index in [0.717, 1.165) is 0 Å². The molecule has 26 heavy (non-hydrogen) atoms. The zero-order chi connectivity index (χ0) is 19.3. The largest absolute Gasteiger partial charge is 0.410 e. The Balaban J connectivity index is 2.20. The normalized spacial score (nSPS) is 13.0. The minimum atomic E-state index is -3.88. The lowest BCUT2D eigenvalue weighted by Crippen LogP contribution is -2.31. The summed E-state index contributed by atoms with van der Waals surface area (Å²) in [5, 5.41) is 9.69. The molecule has 0 radical (unpaired) electrons. The summed E-state index contributed by atoms with van der Waals surface area (Å²) in [5.41, 5.74) is 0.405. The van der Waals surface area contributed by atoms with Crippen LogP contribution >= 0.6 is 0 Å². The lowest BCUT2D eigenvalue weighted by Gasteiger charge is -2.18. The van der Waals surface area contributed by atoms with Crippen LogP contribution in [-0.2, 0) is 20.4 Å². The highest BCUT2D eigenvalue weighted by Gasteiger charge is 2.28. The molecule has 0 bridgehead atoms. The zero-order valence-corrected chi connectivity index (χ0v) is 15.7. The minimum Gasteiger partial charge on any atom is -0.410 e. The topological polar surface area (TPSA) is 102 Å². The molecule has 1 N–H and O–H groups in total. The van der Waals surface area contributed by atoms with Crippen LogP contribution in [-0.4, -0.2) is 24.5 Å². The number of amides is 1. The Bertz CT molecular complexity index is 847. The molecule has 0 fully saturated rings. The van der Waals surface area contributed by atoms with Crippen molar-refractivity contribution in [2.24, 2.45) is 5.92 Å². The number of carbonyl (C=O) groups excluding carboxylic acids is 1. The molecule has 0 aliphatic carbocycles. The van der Waals surface area contributed by atoms with Crippen molar-refractivity contribution in [2.75, 3.05) is 0 Å². The van der Waals surface area contributed by atoms with Gasteiger partial charge in [-0.3, -0.25) is 4.79 Å². The number of hydrogen-bond acceptors (Lipinski definition) is 6. The van der Waals surface area contributed by atoms with Gasteiger partial charge in [0.1, 0.15) is 11.9 Å². The lowest BCUT2D eigenvalue weighted by atomic mass is 10.0. The van der Waals surface area contributed by atoms with Crippen molar-refractivity contribution in [1.29, 1.82) is 0 Å². The molecule has 0 aliphatic heterocycles. The van der Waals surface area contributed by atoms with Gasteiger partial charge in [-0.05, 0) is 30.0 Å². The second-order valence-electron chi connectivity index (χ2n) is 6.33. The summed E-state index contributed by atoms with van der Waals surface area (Å²) in [6.45, 7) is 5.60. The molecule has 142 valence electrons.